The second kappa shape index (κ2) is 8.26. The summed E-state index contributed by atoms with van der Waals surface area (Å²) in [6.45, 7) is -0.445. The molecule has 29 heavy (non-hydrogen) atoms. The van der Waals surface area contributed by atoms with E-state index in [9.17, 15) is 22.8 Å². The minimum Gasteiger partial charge on any atom is -0.323 e. The van der Waals surface area contributed by atoms with Crippen LogP contribution in [0.15, 0.2) is 59.7 Å². The maximum atomic E-state index is 12.8. The van der Waals surface area contributed by atoms with E-state index in [4.69, 9.17) is 23.2 Å². The molecule has 0 bridgehead atoms. The SMILES string of the molecule is O=C(Cn1cnc(-c2ccc(Cl)cc2)cc1=O)Nc1cc(C(F)(F)F)ccc1Cl. The molecular formula is C19H12Cl2F3N3O2. The summed E-state index contributed by atoms with van der Waals surface area (Å²) in [6.07, 6.45) is -3.40. The maximum absolute atomic E-state index is 12.8. The second-order valence-corrected chi connectivity index (χ2v) is 6.83. The van der Waals surface area contributed by atoms with Gasteiger partial charge in [0.1, 0.15) is 6.54 Å². The lowest BCUT2D eigenvalue weighted by Crippen LogP contribution is -2.27. The van der Waals surface area contributed by atoms with Gasteiger partial charge in [-0.2, -0.15) is 13.2 Å². The standard InChI is InChI=1S/C19H12Cl2F3N3O2/c20-13-4-1-11(2-5-13)15-8-18(29)27(10-25-15)9-17(28)26-16-7-12(19(22,23)24)3-6-14(16)21/h1-8,10H,9H2,(H,26,28). The van der Waals surface area contributed by atoms with Gasteiger partial charge in [-0.25, -0.2) is 4.98 Å². The van der Waals surface area contributed by atoms with E-state index in [1.54, 1.807) is 24.3 Å². The van der Waals surface area contributed by atoms with Crippen LogP contribution >= 0.6 is 23.2 Å². The molecule has 0 atom stereocenters. The summed E-state index contributed by atoms with van der Waals surface area (Å²) in [5.74, 6) is -0.727. The molecule has 0 radical (unpaired) electrons. The normalized spacial score (nSPS) is 11.3. The quantitative estimate of drug-likeness (QED) is 0.627. The van der Waals surface area contributed by atoms with Gasteiger partial charge in [-0.05, 0) is 30.3 Å². The third-order valence-electron chi connectivity index (χ3n) is 3.90. The molecule has 0 unspecified atom stereocenters. The Balaban J connectivity index is 1.76. The van der Waals surface area contributed by atoms with Gasteiger partial charge in [-0.1, -0.05) is 35.3 Å². The molecule has 0 fully saturated rings. The van der Waals surface area contributed by atoms with Crippen molar-refractivity contribution in [1.82, 2.24) is 9.55 Å². The summed E-state index contributed by atoms with van der Waals surface area (Å²) < 4.78 is 39.5. The molecule has 3 rings (SSSR count). The van der Waals surface area contributed by atoms with Gasteiger partial charge in [0.05, 0.1) is 28.3 Å². The Labute approximate surface area is 172 Å². The van der Waals surface area contributed by atoms with Crippen molar-refractivity contribution in [2.24, 2.45) is 0 Å². The van der Waals surface area contributed by atoms with Crippen LogP contribution in [0.3, 0.4) is 0 Å². The fraction of sp³-hybridized carbons (Fsp3) is 0.105. The number of aromatic nitrogens is 2. The number of carbonyl (C=O) groups is 1. The summed E-state index contributed by atoms with van der Waals surface area (Å²) in [4.78, 5) is 28.6. The van der Waals surface area contributed by atoms with Crippen LogP contribution in [0.5, 0.6) is 0 Å². The smallest absolute Gasteiger partial charge is 0.323 e. The van der Waals surface area contributed by atoms with Crippen LogP contribution in [0.4, 0.5) is 18.9 Å². The number of rotatable bonds is 4. The van der Waals surface area contributed by atoms with E-state index in [1.165, 1.54) is 12.4 Å². The highest BCUT2D eigenvalue weighted by Gasteiger charge is 2.31. The summed E-state index contributed by atoms with van der Waals surface area (Å²) in [5.41, 5.74) is -0.605. The first-order valence-corrected chi connectivity index (χ1v) is 8.88. The van der Waals surface area contributed by atoms with Crippen molar-refractivity contribution < 1.29 is 18.0 Å². The Hall–Kier alpha value is -2.84. The molecule has 0 aliphatic heterocycles. The van der Waals surface area contributed by atoms with Crippen LogP contribution in [0.25, 0.3) is 11.3 Å². The molecule has 150 valence electrons. The van der Waals surface area contributed by atoms with E-state index >= 15 is 0 Å². The Morgan fingerprint density at radius 2 is 1.76 bits per heavy atom. The average molecular weight is 442 g/mol. The van der Waals surface area contributed by atoms with Gasteiger partial charge in [-0.15, -0.1) is 0 Å². The summed E-state index contributed by atoms with van der Waals surface area (Å²) in [6, 6.07) is 10.5. The van der Waals surface area contributed by atoms with E-state index in [1.807, 2.05) is 0 Å². The van der Waals surface area contributed by atoms with Crippen molar-refractivity contribution in [3.8, 4) is 11.3 Å². The molecule has 0 saturated carbocycles. The highest BCUT2D eigenvalue weighted by molar-refractivity contribution is 6.33. The Bertz CT molecular complexity index is 1110. The number of hydrogen-bond acceptors (Lipinski definition) is 3. The molecule has 1 amide bonds. The van der Waals surface area contributed by atoms with Gasteiger partial charge in [0.25, 0.3) is 5.56 Å². The molecule has 0 spiro atoms. The number of hydrogen-bond donors (Lipinski definition) is 1. The van der Waals surface area contributed by atoms with E-state index in [0.29, 0.717) is 16.3 Å². The molecule has 5 nitrogen and oxygen atoms in total. The van der Waals surface area contributed by atoms with Crippen LogP contribution < -0.4 is 10.9 Å². The van der Waals surface area contributed by atoms with Crippen molar-refractivity contribution in [3.63, 3.8) is 0 Å². The lowest BCUT2D eigenvalue weighted by molar-refractivity contribution is -0.137. The van der Waals surface area contributed by atoms with Gasteiger partial charge in [0, 0.05) is 16.7 Å². The van der Waals surface area contributed by atoms with Crippen LogP contribution in [0, 0.1) is 0 Å². The summed E-state index contributed by atoms with van der Waals surface area (Å²) in [7, 11) is 0. The molecule has 1 aromatic heterocycles. The largest absolute Gasteiger partial charge is 0.416 e. The minimum atomic E-state index is -4.58. The number of alkyl halides is 3. The second-order valence-electron chi connectivity index (χ2n) is 5.99. The van der Waals surface area contributed by atoms with Crippen molar-refractivity contribution in [3.05, 3.63) is 80.8 Å². The zero-order valence-electron chi connectivity index (χ0n) is 14.5. The van der Waals surface area contributed by atoms with E-state index in [0.717, 1.165) is 22.8 Å². The predicted octanol–water partition coefficient (Wildman–Crippen LogP) is 4.87. The van der Waals surface area contributed by atoms with Gasteiger partial charge in [0.2, 0.25) is 5.91 Å². The molecule has 2 aromatic carbocycles. The van der Waals surface area contributed by atoms with Crippen LogP contribution in [-0.2, 0) is 17.5 Å². The fourth-order valence-electron chi connectivity index (χ4n) is 2.47. The number of nitrogens with one attached hydrogen (secondary N) is 1. The zero-order valence-corrected chi connectivity index (χ0v) is 16.0. The Morgan fingerprint density at radius 3 is 2.38 bits per heavy atom. The third-order valence-corrected chi connectivity index (χ3v) is 4.48. The average Bonchev–Trinajstić information content (AvgIpc) is 2.65. The molecule has 3 aromatic rings. The number of halogens is 5. The predicted molar refractivity (Wildman–Crippen MR) is 104 cm³/mol. The molecule has 0 saturated heterocycles. The number of benzene rings is 2. The number of nitrogens with zero attached hydrogens (tertiary/aromatic N) is 2. The molecule has 1 heterocycles. The van der Waals surface area contributed by atoms with Crippen molar-refractivity contribution >= 4 is 34.8 Å². The van der Waals surface area contributed by atoms with E-state index in [2.05, 4.69) is 10.3 Å². The van der Waals surface area contributed by atoms with Gasteiger partial charge in [-0.3, -0.25) is 14.2 Å². The lowest BCUT2D eigenvalue weighted by atomic mass is 10.1. The third kappa shape index (κ3) is 5.16. The number of amides is 1. The van der Waals surface area contributed by atoms with Crippen molar-refractivity contribution in [1.29, 1.82) is 0 Å². The number of anilines is 1. The minimum absolute atomic E-state index is 0.0603. The topological polar surface area (TPSA) is 64.0 Å². The van der Waals surface area contributed by atoms with Crippen LogP contribution in [-0.4, -0.2) is 15.5 Å². The molecular weight excluding hydrogens is 430 g/mol. The van der Waals surface area contributed by atoms with Gasteiger partial charge < -0.3 is 5.32 Å². The fourth-order valence-corrected chi connectivity index (χ4v) is 2.76. The van der Waals surface area contributed by atoms with Gasteiger partial charge >= 0.3 is 6.18 Å². The monoisotopic (exact) mass is 441 g/mol. The summed E-state index contributed by atoms with van der Waals surface area (Å²) >= 11 is 11.7. The van der Waals surface area contributed by atoms with Crippen molar-refractivity contribution in [2.75, 3.05) is 5.32 Å². The Morgan fingerprint density at radius 1 is 1.07 bits per heavy atom. The molecule has 0 aliphatic rings. The first-order valence-electron chi connectivity index (χ1n) is 8.12. The lowest BCUT2D eigenvalue weighted by Gasteiger charge is -2.12. The van der Waals surface area contributed by atoms with E-state index < -0.39 is 29.8 Å². The first-order chi connectivity index (χ1) is 13.6. The Kier molecular flexibility index (Phi) is 5.95. The highest BCUT2D eigenvalue weighted by atomic mass is 35.5. The van der Waals surface area contributed by atoms with Crippen LogP contribution in [0.2, 0.25) is 10.0 Å². The maximum Gasteiger partial charge on any atom is 0.416 e. The number of carbonyl (C=O) groups excluding carboxylic acids is 1. The first kappa shape index (κ1) is 20.9. The van der Waals surface area contributed by atoms with Crippen LogP contribution in [0.1, 0.15) is 5.56 Å². The molecule has 10 heteroatoms. The molecule has 0 aliphatic carbocycles. The highest BCUT2D eigenvalue weighted by Crippen LogP contribution is 2.33. The zero-order chi connectivity index (χ0) is 21.2. The van der Waals surface area contributed by atoms with Gasteiger partial charge in [0.15, 0.2) is 0 Å². The molecule has 1 N–H and O–H groups in total. The van der Waals surface area contributed by atoms with E-state index in [-0.39, 0.29) is 10.7 Å². The van der Waals surface area contributed by atoms with Crippen molar-refractivity contribution in [2.45, 2.75) is 12.7 Å². The summed E-state index contributed by atoms with van der Waals surface area (Å²) in [5, 5.41) is 2.75.